The summed E-state index contributed by atoms with van der Waals surface area (Å²) in [5.41, 5.74) is 0.589. The van der Waals surface area contributed by atoms with E-state index in [9.17, 15) is 9.59 Å². The molecule has 0 unspecified atom stereocenters. The summed E-state index contributed by atoms with van der Waals surface area (Å²) in [5.74, 6) is 0.559. The van der Waals surface area contributed by atoms with Gasteiger partial charge < -0.3 is 25.6 Å². The van der Waals surface area contributed by atoms with Crippen molar-refractivity contribution in [3.05, 3.63) is 35.9 Å². The maximum absolute atomic E-state index is 12.6. The Hall–Kier alpha value is -2.04. The number of alkyl carbamates (subject to hydrolysis) is 1. The number of amides is 2. The number of carbonyl (C=O) groups excluding carboxylic acids is 2. The van der Waals surface area contributed by atoms with E-state index in [0.717, 1.165) is 5.56 Å². The van der Waals surface area contributed by atoms with E-state index in [0.29, 0.717) is 45.1 Å². The second kappa shape index (κ2) is 15.7. The van der Waals surface area contributed by atoms with E-state index in [1.165, 1.54) is 0 Å². The smallest absolute Gasteiger partial charge is 0.407 e. The Morgan fingerprint density at radius 3 is 2.26 bits per heavy atom. The molecule has 1 rings (SSSR count). The van der Waals surface area contributed by atoms with Crippen LogP contribution < -0.4 is 16.0 Å². The molecule has 0 spiro atoms. The van der Waals surface area contributed by atoms with Crippen LogP contribution in [0.15, 0.2) is 35.3 Å². The van der Waals surface area contributed by atoms with Crippen molar-refractivity contribution in [1.29, 1.82) is 0 Å². The van der Waals surface area contributed by atoms with Crippen LogP contribution in [0, 0.1) is 0 Å². The van der Waals surface area contributed by atoms with E-state index in [2.05, 4.69) is 20.9 Å². The average molecular weight is 547 g/mol. The van der Waals surface area contributed by atoms with Crippen LogP contribution in [0.5, 0.6) is 0 Å². The van der Waals surface area contributed by atoms with Gasteiger partial charge in [-0.05, 0) is 46.6 Å². The molecule has 0 atom stereocenters. The molecule has 0 bridgehead atoms. The van der Waals surface area contributed by atoms with Gasteiger partial charge >= 0.3 is 6.09 Å². The van der Waals surface area contributed by atoms with Crippen molar-refractivity contribution >= 4 is 41.9 Å². The average Bonchev–Trinajstić information content (AvgIpc) is 2.69. The first kappa shape index (κ1) is 29.0. The maximum Gasteiger partial charge on any atom is 0.407 e. The van der Waals surface area contributed by atoms with E-state index in [4.69, 9.17) is 4.74 Å². The predicted molar refractivity (Wildman–Crippen MR) is 136 cm³/mol. The number of likely N-dealkylation sites (N-methyl/N-ethyl adjacent to an activating group) is 1. The molecular formula is C22H38IN5O3. The molecule has 8 nitrogen and oxygen atoms in total. The molecule has 0 radical (unpaired) electrons. The van der Waals surface area contributed by atoms with Gasteiger partial charge in [0.1, 0.15) is 12.1 Å². The number of halogens is 1. The fourth-order valence-corrected chi connectivity index (χ4v) is 2.57. The highest BCUT2D eigenvalue weighted by atomic mass is 127. The molecule has 1 aromatic rings. The van der Waals surface area contributed by atoms with Crippen molar-refractivity contribution in [3.63, 3.8) is 0 Å². The maximum atomic E-state index is 12.6. The third-order valence-electron chi connectivity index (χ3n) is 3.98. The van der Waals surface area contributed by atoms with Gasteiger partial charge in [-0.15, -0.1) is 24.0 Å². The summed E-state index contributed by atoms with van der Waals surface area (Å²) < 4.78 is 5.20. The molecule has 2 amide bonds. The standard InChI is InChI=1S/C22H37N5O3.HI/c1-6-23-20(24-14-11-15-25-21(29)30-22(3,4)5)26-16-19(28)27(7-2)17-18-12-9-8-10-13-18;/h8-10,12-13H,6-7,11,14-17H2,1-5H3,(H,25,29)(H2,23,24,26);1H. The fraction of sp³-hybridized carbons (Fsp3) is 0.591. The highest BCUT2D eigenvalue weighted by molar-refractivity contribution is 14.0. The number of aliphatic imine (C=N–C) groups is 1. The summed E-state index contributed by atoms with van der Waals surface area (Å²) in [7, 11) is 0. The van der Waals surface area contributed by atoms with Crippen LogP contribution in [-0.4, -0.2) is 61.2 Å². The molecule has 0 saturated heterocycles. The zero-order valence-electron chi connectivity index (χ0n) is 19.4. The normalized spacial score (nSPS) is 11.2. The molecule has 0 aliphatic carbocycles. The van der Waals surface area contributed by atoms with Crippen LogP contribution in [-0.2, 0) is 16.1 Å². The molecule has 1 aromatic carbocycles. The molecule has 0 aliphatic rings. The molecule has 9 heteroatoms. The second-order valence-electron chi connectivity index (χ2n) is 7.80. The van der Waals surface area contributed by atoms with Gasteiger partial charge in [0, 0.05) is 32.7 Å². The van der Waals surface area contributed by atoms with Crippen LogP contribution in [0.3, 0.4) is 0 Å². The van der Waals surface area contributed by atoms with Gasteiger partial charge in [-0.1, -0.05) is 30.3 Å². The van der Waals surface area contributed by atoms with E-state index >= 15 is 0 Å². The Kier molecular flexibility index (Phi) is 14.7. The third-order valence-corrected chi connectivity index (χ3v) is 3.98. The molecule has 176 valence electrons. The zero-order valence-corrected chi connectivity index (χ0v) is 21.7. The Morgan fingerprint density at radius 1 is 1.03 bits per heavy atom. The molecule has 31 heavy (non-hydrogen) atoms. The zero-order chi connectivity index (χ0) is 22.4. The van der Waals surface area contributed by atoms with Crippen LogP contribution >= 0.6 is 24.0 Å². The minimum Gasteiger partial charge on any atom is -0.444 e. The van der Waals surface area contributed by atoms with Crippen LogP contribution in [0.2, 0.25) is 0 Å². The van der Waals surface area contributed by atoms with Crippen LogP contribution in [0.1, 0.15) is 46.6 Å². The summed E-state index contributed by atoms with van der Waals surface area (Å²) in [6.07, 6.45) is 0.277. The number of benzene rings is 1. The molecule has 0 fully saturated rings. The lowest BCUT2D eigenvalue weighted by atomic mass is 10.2. The number of hydrogen-bond acceptors (Lipinski definition) is 4. The van der Waals surface area contributed by atoms with Crippen molar-refractivity contribution in [2.45, 2.75) is 53.2 Å². The van der Waals surface area contributed by atoms with Gasteiger partial charge in [-0.25, -0.2) is 9.79 Å². The lowest BCUT2D eigenvalue weighted by Crippen LogP contribution is -2.40. The highest BCUT2D eigenvalue weighted by Crippen LogP contribution is 2.06. The molecule has 0 aromatic heterocycles. The lowest BCUT2D eigenvalue weighted by molar-refractivity contribution is -0.130. The molecular weight excluding hydrogens is 509 g/mol. The van der Waals surface area contributed by atoms with Crippen LogP contribution in [0.25, 0.3) is 0 Å². The molecule has 0 saturated carbocycles. The van der Waals surface area contributed by atoms with E-state index < -0.39 is 11.7 Å². The highest BCUT2D eigenvalue weighted by Gasteiger charge is 2.15. The minimum absolute atomic E-state index is 0. The van der Waals surface area contributed by atoms with Crippen LogP contribution in [0.4, 0.5) is 4.79 Å². The van der Waals surface area contributed by atoms with E-state index in [1.807, 2.05) is 65.0 Å². The molecule has 0 aliphatic heterocycles. The Morgan fingerprint density at radius 2 is 1.68 bits per heavy atom. The minimum atomic E-state index is -0.507. The topological polar surface area (TPSA) is 95.1 Å². The first-order valence-corrected chi connectivity index (χ1v) is 10.6. The van der Waals surface area contributed by atoms with Crippen molar-refractivity contribution in [1.82, 2.24) is 20.9 Å². The number of guanidine groups is 1. The summed E-state index contributed by atoms with van der Waals surface area (Å²) in [5, 5.41) is 9.03. The molecule has 0 heterocycles. The number of carbonyl (C=O) groups is 2. The number of ether oxygens (including phenoxy) is 1. The van der Waals surface area contributed by atoms with Gasteiger partial charge in [0.15, 0.2) is 5.96 Å². The largest absolute Gasteiger partial charge is 0.444 e. The Bertz CT molecular complexity index is 677. The quantitative estimate of drug-likeness (QED) is 0.181. The Balaban J connectivity index is 0.00000900. The Labute approximate surface area is 203 Å². The monoisotopic (exact) mass is 547 g/mol. The number of nitrogens with one attached hydrogen (secondary N) is 3. The van der Waals surface area contributed by atoms with Crippen molar-refractivity contribution in [2.24, 2.45) is 4.99 Å². The van der Waals surface area contributed by atoms with E-state index in [1.54, 1.807) is 4.90 Å². The van der Waals surface area contributed by atoms with Crippen molar-refractivity contribution < 1.29 is 14.3 Å². The van der Waals surface area contributed by atoms with Gasteiger partial charge in [0.05, 0.1) is 0 Å². The summed E-state index contributed by atoms with van der Waals surface area (Å²) in [4.78, 5) is 30.4. The van der Waals surface area contributed by atoms with Gasteiger partial charge in [-0.3, -0.25) is 4.79 Å². The number of rotatable bonds is 10. The number of nitrogens with zero attached hydrogens (tertiary/aromatic N) is 2. The first-order valence-electron chi connectivity index (χ1n) is 10.6. The van der Waals surface area contributed by atoms with E-state index in [-0.39, 0.29) is 36.4 Å². The summed E-state index contributed by atoms with van der Waals surface area (Å²) in [6, 6.07) is 9.92. The fourth-order valence-electron chi connectivity index (χ4n) is 2.57. The summed E-state index contributed by atoms with van der Waals surface area (Å²) >= 11 is 0. The summed E-state index contributed by atoms with van der Waals surface area (Å²) in [6.45, 7) is 12.5. The number of hydrogen-bond donors (Lipinski definition) is 3. The molecule has 3 N–H and O–H groups in total. The van der Waals surface area contributed by atoms with Crippen molar-refractivity contribution in [3.8, 4) is 0 Å². The first-order chi connectivity index (χ1) is 14.2. The van der Waals surface area contributed by atoms with Gasteiger partial charge in [0.2, 0.25) is 5.91 Å². The van der Waals surface area contributed by atoms with Gasteiger partial charge in [0.25, 0.3) is 0 Å². The van der Waals surface area contributed by atoms with Crippen molar-refractivity contribution in [2.75, 3.05) is 32.7 Å². The van der Waals surface area contributed by atoms with Gasteiger partial charge in [-0.2, -0.15) is 0 Å². The predicted octanol–water partition coefficient (Wildman–Crippen LogP) is 3.12. The second-order valence-corrected chi connectivity index (χ2v) is 7.80. The third kappa shape index (κ3) is 13.8. The SMILES string of the molecule is CCNC(=NCC(=O)N(CC)Cc1ccccc1)NCCCNC(=O)OC(C)(C)C.I. The lowest BCUT2D eigenvalue weighted by Gasteiger charge is -2.20.